The van der Waals surface area contributed by atoms with E-state index >= 15 is 0 Å². The summed E-state index contributed by atoms with van der Waals surface area (Å²) in [6.45, 7) is 0. The third-order valence-electron chi connectivity index (χ3n) is 3.65. The fraction of sp³-hybridized carbons (Fsp3) is 0.0526. The minimum absolute atomic E-state index is 0.0513. The SMILES string of the molecule is O=S(=O)(c1ccc(C(F)F)cc1)N(c1ccccc1)c1ccccc1. The second kappa shape index (κ2) is 7.03. The lowest BCUT2D eigenvalue weighted by Crippen LogP contribution is -2.26. The third kappa shape index (κ3) is 3.53. The molecule has 0 aliphatic heterocycles. The lowest BCUT2D eigenvalue weighted by Gasteiger charge is -2.24. The minimum atomic E-state index is -3.96. The number of anilines is 2. The molecule has 0 atom stereocenters. The van der Waals surface area contributed by atoms with Gasteiger partial charge in [0.2, 0.25) is 0 Å². The molecule has 0 unspecified atom stereocenters. The van der Waals surface area contributed by atoms with Gasteiger partial charge in [0.25, 0.3) is 16.4 Å². The Morgan fingerprint density at radius 3 is 1.52 bits per heavy atom. The molecular formula is C19H15F2NO2S. The van der Waals surface area contributed by atoms with Crippen molar-refractivity contribution >= 4 is 21.4 Å². The van der Waals surface area contributed by atoms with Crippen LogP contribution >= 0.6 is 0 Å². The van der Waals surface area contributed by atoms with Gasteiger partial charge in [0.1, 0.15) is 0 Å². The van der Waals surface area contributed by atoms with Crippen LogP contribution in [-0.2, 0) is 10.0 Å². The number of nitrogens with zero attached hydrogens (tertiary/aromatic N) is 1. The lowest BCUT2D eigenvalue weighted by molar-refractivity contribution is 0.151. The number of sulfonamides is 1. The Balaban J connectivity index is 2.12. The number of halogens is 2. The molecule has 0 aromatic heterocycles. The van der Waals surface area contributed by atoms with Crippen LogP contribution in [0.1, 0.15) is 12.0 Å². The van der Waals surface area contributed by atoms with Crippen LogP contribution in [0.15, 0.2) is 89.8 Å². The molecule has 3 aromatic carbocycles. The lowest BCUT2D eigenvalue weighted by atomic mass is 10.2. The number of hydrogen-bond donors (Lipinski definition) is 0. The van der Waals surface area contributed by atoms with E-state index in [1.54, 1.807) is 60.7 Å². The summed E-state index contributed by atoms with van der Waals surface area (Å²) in [5.74, 6) is 0. The molecular weight excluding hydrogens is 344 g/mol. The molecule has 0 aliphatic rings. The van der Waals surface area contributed by atoms with Gasteiger partial charge < -0.3 is 0 Å². The zero-order valence-electron chi connectivity index (χ0n) is 13.1. The second-order valence-electron chi connectivity index (χ2n) is 5.31. The van der Waals surface area contributed by atoms with Crippen molar-refractivity contribution in [1.29, 1.82) is 0 Å². The van der Waals surface area contributed by atoms with Crippen LogP contribution in [0.2, 0.25) is 0 Å². The topological polar surface area (TPSA) is 37.4 Å². The largest absolute Gasteiger partial charge is 0.268 e. The Morgan fingerprint density at radius 2 is 1.12 bits per heavy atom. The predicted octanol–water partition coefficient (Wildman–Crippen LogP) is 5.15. The van der Waals surface area contributed by atoms with Crippen LogP contribution in [-0.4, -0.2) is 8.42 Å². The standard InChI is InChI=1S/C19H15F2NO2S/c20-19(21)15-11-13-18(14-12-15)25(23,24)22(16-7-3-1-4-8-16)17-9-5-2-6-10-17/h1-14,19H. The van der Waals surface area contributed by atoms with Crippen molar-refractivity contribution in [3.63, 3.8) is 0 Å². The van der Waals surface area contributed by atoms with Crippen LogP contribution in [0.5, 0.6) is 0 Å². The monoisotopic (exact) mass is 359 g/mol. The summed E-state index contributed by atoms with van der Waals surface area (Å²) < 4.78 is 53.0. The first-order valence-corrected chi connectivity index (χ1v) is 8.98. The average molecular weight is 359 g/mol. The number of benzene rings is 3. The Kier molecular flexibility index (Phi) is 4.81. The van der Waals surface area contributed by atoms with Crippen LogP contribution in [0.25, 0.3) is 0 Å². The molecule has 0 radical (unpaired) electrons. The Bertz CT molecular complexity index is 889. The smallest absolute Gasteiger partial charge is 0.235 e. The van der Waals surface area contributed by atoms with Gasteiger partial charge in [-0.05, 0) is 36.4 Å². The van der Waals surface area contributed by atoms with E-state index in [1.165, 1.54) is 16.4 Å². The van der Waals surface area contributed by atoms with E-state index in [9.17, 15) is 17.2 Å². The van der Waals surface area contributed by atoms with Crippen molar-refractivity contribution in [3.05, 3.63) is 90.5 Å². The average Bonchev–Trinajstić information content (AvgIpc) is 2.63. The van der Waals surface area contributed by atoms with E-state index in [0.29, 0.717) is 11.4 Å². The van der Waals surface area contributed by atoms with E-state index in [-0.39, 0.29) is 10.5 Å². The molecule has 128 valence electrons. The maximum absolute atomic E-state index is 13.2. The van der Waals surface area contributed by atoms with Crippen molar-refractivity contribution in [2.45, 2.75) is 11.3 Å². The summed E-state index contributed by atoms with van der Waals surface area (Å²) in [7, 11) is -3.96. The van der Waals surface area contributed by atoms with E-state index in [0.717, 1.165) is 12.1 Å². The highest BCUT2D eigenvalue weighted by Crippen LogP contribution is 2.32. The molecule has 3 nitrogen and oxygen atoms in total. The summed E-state index contributed by atoms with van der Waals surface area (Å²) in [4.78, 5) is -0.0513. The Morgan fingerprint density at radius 1 is 0.680 bits per heavy atom. The molecule has 0 N–H and O–H groups in total. The molecule has 3 aromatic rings. The molecule has 0 fully saturated rings. The summed E-state index contributed by atoms with van der Waals surface area (Å²) in [6, 6.07) is 21.9. The zero-order valence-corrected chi connectivity index (χ0v) is 13.9. The van der Waals surface area contributed by atoms with Crippen molar-refractivity contribution < 1.29 is 17.2 Å². The molecule has 0 heterocycles. The van der Waals surface area contributed by atoms with E-state index in [4.69, 9.17) is 0 Å². The molecule has 0 aliphatic carbocycles. The first-order valence-electron chi connectivity index (χ1n) is 7.54. The first-order chi connectivity index (χ1) is 12.0. The zero-order chi connectivity index (χ0) is 17.9. The molecule has 0 spiro atoms. The van der Waals surface area contributed by atoms with E-state index < -0.39 is 16.4 Å². The molecule has 0 saturated carbocycles. The summed E-state index contributed by atoms with van der Waals surface area (Å²) in [5, 5.41) is 0. The Labute approximate surface area is 145 Å². The van der Waals surface area contributed by atoms with Crippen LogP contribution in [0.3, 0.4) is 0 Å². The molecule has 3 rings (SSSR count). The van der Waals surface area contributed by atoms with Crippen molar-refractivity contribution in [2.24, 2.45) is 0 Å². The number of hydrogen-bond acceptors (Lipinski definition) is 2. The molecule has 25 heavy (non-hydrogen) atoms. The van der Waals surface area contributed by atoms with Crippen LogP contribution < -0.4 is 4.31 Å². The Hall–Kier alpha value is -2.73. The van der Waals surface area contributed by atoms with Gasteiger partial charge in [0, 0.05) is 5.56 Å². The molecule has 0 bridgehead atoms. The van der Waals surface area contributed by atoms with E-state index in [1.807, 2.05) is 0 Å². The van der Waals surface area contributed by atoms with Gasteiger partial charge in [0.15, 0.2) is 0 Å². The van der Waals surface area contributed by atoms with Gasteiger partial charge >= 0.3 is 0 Å². The van der Waals surface area contributed by atoms with Gasteiger partial charge in [-0.15, -0.1) is 0 Å². The van der Waals surface area contributed by atoms with Crippen molar-refractivity contribution in [3.8, 4) is 0 Å². The van der Waals surface area contributed by atoms with Gasteiger partial charge in [0.05, 0.1) is 16.3 Å². The van der Waals surface area contributed by atoms with E-state index in [2.05, 4.69) is 0 Å². The summed E-state index contributed by atoms with van der Waals surface area (Å²) in [5.41, 5.74) is 0.711. The quantitative estimate of drug-likeness (QED) is 0.632. The highest BCUT2D eigenvalue weighted by molar-refractivity contribution is 7.93. The fourth-order valence-corrected chi connectivity index (χ4v) is 3.93. The van der Waals surface area contributed by atoms with Crippen LogP contribution in [0.4, 0.5) is 20.2 Å². The minimum Gasteiger partial charge on any atom is -0.235 e. The first kappa shape index (κ1) is 17.1. The maximum atomic E-state index is 13.2. The fourth-order valence-electron chi connectivity index (χ4n) is 2.44. The number of alkyl halides is 2. The summed E-state index contributed by atoms with van der Waals surface area (Å²) in [6.07, 6.45) is -2.64. The molecule has 6 heteroatoms. The molecule has 0 amide bonds. The third-order valence-corrected chi connectivity index (χ3v) is 5.42. The normalized spacial score (nSPS) is 11.5. The maximum Gasteiger partial charge on any atom is 0.268 e. The van der Waals surface area contributed by atoms with Gasteiger partial charge in [-0.25, -0.2) is 21.5 Å². The van der Waals surface area contributed by atoms with Crippen molar-refractivity contribution in [2.75, 3.05) is 4.31 Å². The van der Waals surface area contributed by atoms with Gasteiger partial charge in [-0.1, -0.05) is 48.5 Å². The highest BCUT2D eigenvalue weighted by Gasteiger charge is 2.26. The van der Waals surface area contributed by atoms with Crippen molar-refractivity contribution in [1.82, 2.24) is 0 Å². The van der Waals surface area contributed by atoms with Gasteiger partial charge in [-0.2, -0.15) is 0 Å². The predicted molar refractivity (Wildman–Crippen MR) is 93.6 cm³/mol. The number of para-hydroxylation sites is 2. The second-order valence-corrected chi connectivity index (χ2v) is 7.10. The summed E-state index contributed by atoms with van der Waals surface area (Å²) >= 11 is 0. The van der Waals surface area contributed by atoms with Gasteiger partial charge in [-0.3, -0.25) is 0 Å². The highest BCUT2D eigenvalue weighted by atomic mass is 32.2. The van der Waals surface area contributed by atoms with Crippen LogP contribution in [0, 0.1) is 0 Å². The number of rotatable bonds is 5. The molecule has 0 saturated heterocycles.